The summed E-state index contributed by atoms with van der Waals surface area (Å²) >= 11 is 0. The minimum absolute atomic E-state index is 0.0830. The fourth-order valence-electron chi connectivity index (χ4n) is 4.89. The van der Waals surface area contributed by atoms with Crippen molar-refractivity contribution in [3.05, 3.63) is 58.2 Å². The van der Waals surface area contributed by atoms with Gasteiger partial charge in [-0.15, -0.1) is 0 Å². The zero-order valence-corrected chi connectivity index (χ0v) is 20.6. The minimum atomic E-state index is -0.937. The van der Waals surface area contributed by atoms with E-state index in [0.29, 0.717) is 40.5 Å². The van der Waals surface area contributed by atoms with Crippen molar-refractivity contribution < 1.29 is 23.8 Å². The predicted molar refractivity (Wildman–Crippen MR) is 132 cm³/mol. The molecule has 1 aliphatic carbocycles. The van der Waals surface area contributed by atoms with Gasteiger partial charge in [-0.25, -0.2) is 4.79 Å². The second-order valence-corrected chi connectivity index (χ2v) is 9.11. The molecule has 1 fully saturated rings. The van der Waals surface area contributed by atoms with E-state index >= 15 is 0 Å². The number of aliphatic hydroxyl groups excluding tert-OH is 1. The molecule has 1 aliphatic rings. The maximum absolute atomic E-state index is 11.5. The summed E-state index contributed by atoms with van der Waals surface area (Å²) in [6, 6.07) is 9.26. The average Bonchev–Trinajstić information content (AvgIpc) is 3.64. The van der Waals surface area contributed by atoms with E-state index < -0.39 is 18.0 Å². The fraction of sp³-hybridized carbons (Fsp3) is 0.423. The van der Waals surface area contributed by atoms with Crippen molar-refractivity contribution in [2.75, 3.05) is 14.2 Å². The second-order valence-electron chi connectivity index (χ2n) is 9.11. The molecule has 10 nitrogen and oxygen atoms in total. The number of aromatic nitrogens is 4. The molecule has 0 radical (unpaired) electrons. The first-order valence-corrected chi connectivity index (χ1v) is 12.1. The van der Waals surface area contributed by atoms with E-state index in [2.05, 4.69) is 14.7 Å². The van der Waals surface area contributed by atoms with Gasteiger partial charge in [0.25, 0.3) is 0 Å². The van der Waals surface area contributed by atoms with Crippen LogP contribution in [0.5, 0.6) is 11.5 Å². The predicted octanol–water partition coefficient (Wildman–Crippen LogP) is 3.77. The first kappa shape index (κ1) is 24.1. The Kier molecular flexibility index (Phi) is 6.80. The lowest BCUT2D eigenvalue weighted by Crippen LogP contribution is -2.31. The van der Waals surface area contributed by atoms with Crippen LogP contribution in [-0.4, -0.2) is 51.5 Å². The molecule has 2 N–H and O–H groups in total. The van der Waals surface area contributed by atoms with Crippen molar-refractivity contribution in [2.45, 2.75) is 57.5 Å². The Morgan fingerprint density at radius 2 is 1.92 bits per heavy atom. The molecule has 0 saturated heterocycles. The number of aromatic amines is 1. The van der Waals surface area contributed by atoms with E-state index in [-0.39, 0.29) is 6.10 Å². The molecule has 2 unspecified atom stereocenters. The largest absolute Gasteiger partial charge is 0.496 e. The summed E-state index contributed by atoms with van der Waals surface area (Å²) in [4.78, 5) is 14.0. The van der Waals surface area contributed by atoms with E-state index in [0.717, 1.165) is 36.6 Å². The van der Waals surface area contributed by atoms with Crippen molar-refractivity contribution in [3.63, 3.8) is 0 Å². The molecular formula is C26H30N4O6. The van der Waals surface area contributed by atoms with Gasteiger partial charge in [-0.05, 0) is 43.5 Å². The number of ether oxygens (including phenoxy) is 3. The summed E-state index contributed by atoms with van der Waals surface area (Å²) in [7, 11) is 3.19. The standard InChI is InChI=1S/C26H30N4O6/c1-15-20(33-2)11-17(12-21(15)34-3)24(31)22(35-18-8-4-5-9-18)14-30-13-16-7-6-10-19(23(16)28-30)25-27-26(32)36-29-25/h6-7,10-13,18,22,24,31H,4-5,8-9,14H2,1-3H3,(H,27,29,32). The first-order valence-electron chi connectivity index (χ1n) is 12.1. The Hall–Kier alpha value is -3.63. The topological polar surface area (TPSA) is 125 Å². The maximum Gasteiger partial charge on any atom is 0.439 e. The van der Waals surface area contributed by atoms with Gasteiger partial charge >= 0.3 is 5.76 Å². The normalized spacial score (nSPS) is 15.9. The van der Waals surface area contributed by atoms with E-state index in [1.807, 2.05) is 43.5 Å². The van der Waals surface area contributed by atoms with Crippen LogP contribution in [0.4, 0.5) is 0 Å². The number of methoxy groups -OCH3 is 2. The lowest BCUT2D eigenvalue weighted by Gasteiger charge is -2.27. The highest BCUT2D eigenvalue weighted by Gasteiger charge is 2.29. The minimum Gasteiger partial charge on any atom is -0.496 e. The van der Waals surface area contributed by atoms with Crippen molar-refractivity contribution in [3.8, 4) is 22.9 Å². The van der Waals surface area contributed by atoms with E-state index in [1.54, 1.807) is 18.9 Å². The molecule has 2 aromatic carbocycles. The molecule has 4 aromatic rings. The third kappa shape index (κ3) is 4.74. The van der Waals surface area contributed by atoms with Crippen LogP contribution < -0.4 is 15.2 Å². The molecule has 2 atom stereocenters. The Balaban J connectivity index is 1.49. The number of nitrogens with one attached hydrogen (secondary N) is 1. The van der Waals surface area contributed by atoms with Crippen LogP contribution in [0.3, 0.4) is 0 Å². The smallest absolute Gasteiger partial charge is 0.439 e. The third-order valence-corrected chi connectivity index (χ3v) is 6.78. The van der Waals surface area contributed by atoms with Crippen LogP contribution in [0.25, 0.3) is 22.3 Å². The van der Waals surface area contributed by atoms with Crippen molar-refractivity contribution in [1.29, 1.82) is 0 Å². The first-order chi connectivity index (χ1) is 17.5. The fourth-order valence-corrected chi connectivity index (χ4v) is 4.89. The van der Waals surface area contributed by atoms with Gasteiger partial charge in [-0.1, -0.05) is 30.1 Å². The molecule has 36 heavy (non-hydrogen) atoms. The molecule has 0 spiro atoms. The summed E-state index contributed by atoms with van der Waals surface area (Å²) < 4.78 is 23.9. The second kappa shape index (κ2) is 10.2. The van der Waals surface area contributed by atoms with Crippen LogP contribution in [0.15, 0.2) is 45.8 Å². The molecule has 0 aliphatic heterocycles. The molecular weight excluding hydrogens is 464 g/mol. The van der Waals surface area contributed by atoms with Crippen molar-refractivity contribution >= 4 is 10.9 Å². The number of H-pyrrole nitrogens is 1. The summed E-state index contributed by atoms with van der Waals surface area (Å²) in [5.41, 5.74) is 2.82. The monoisotopic (exact) mass is 494 g/mol. The summed E-state index contributed by atoms with van der Waals surface area (Å²) in [6.07, 6.45) is 4.64. The summed E-state index contributed by atoms with van der Waals surface area (Å²) in [5.74, 6) is 0.963. The van der Waals surface area contributed by atoms with E-state index in [1.165, 1.54) is 0 Å². The van der Waals surface area contributed by atoms with Gasteiger partial charge in [0.2, 0.25) is 0 Å². The average molecular weight is 495 g/mol. The van der Waals surface area contributed by atoms with Crippen LogP contribution in [0.1, 0.15) is 42.9 Å². The quantitative estimate of drug-likeness (QED) is 0.360. The summed E-state index contributed by atoms with van der Waals surface area (Å²) in [5, 5.41) is 20.9. The molecule has 1 saturated carbocycles. The molecule has 10 heteroatoms. The van der Waals surface area contributed by atoms with Crippen LogP contribution >= 0.6 is 0 Å². The van der Waals surface area contributed by atoms with Gasteiger partial charge in [0, 0.05) is 22.7 Å². The zero-order valence-electron chi connectivity index (χ0n) is 20.6. The molecule has 2 aromatic heterocycles. The molecule has 0 amide bonds. The number of nitrogens with zero attached hydrogens (tertiary/aromatic N) is 3. The lowest BCUT2D eigenvalue weighted by atomic mass is 10.0. The van der Waals surface area contributed by atoms with Gasteiger partial charge in [-0.2, -0.15) is 5.10 Å². The summed E-state index contributed by atoms with van der Waals surface area (Å²) in [6.45, 7) is 2.23. The number of benzene rings is 2. The van der Waals surface area contributed by atoms with Crippen LogP contribution in [0.2, 0.25) is 0 Å². The number of aliphatic hydroxyl groups is 1. The van der Waals surface area contributed by atoms with Gasteiger partial charge in [0.15, 0.2) is 5.82 Å². The molecule has 2 heterocycles. The molecule has 5 rings (SSSR count). The zero-order chi connectivity index (χ0) is 25.2. The Morgan fingerprint density at radius 1 is 1.19 bits per heavy atom. The van der Waals surface area contributed by atoms with Gasteiger partial charge in [0.1, 0.15) is 29.2 Å². The molecule has 190 valence electrons. The number of rotatable bonds is 9. The highest BCUT2D eigenvalue weighted by Crippen LogP contribution is 2.35. The Morgan fingerprint density at radius 3 is 2.56 bits per heavy atom. The van der Waals surface area contributed by atoms with Gasteiger partial charge in [0.05, 0.1) is 26.9 Å². The Labute approximate surface area is 207 Å². The third-order valence-electron chi connectivity index (χ3n) is 6.78. The van der Waals surface area contributed by atoms with Crippen molar-refractivity contribution in [1.82, 2.24) is 19.9 Å². The van der Waals surface area contributed by atoms with Crippen LogP contribution in [0, 0.1) is 6.92 Å². The SMILES string of the molecule is COc1cc(C(O)C(Cn2cc3cccc(-c4noc(=O)[nH]4)c3n2)OC2CCCC2)cc(OC)c1C. The highest BCUT2D eigenvalue weighted by molar-refractivity contribution is 5.91. The molecule has 0 bridgehead atoms. The van der Waals surface area contributed by atoms with Gasteiger partial charge < -0.3 is 19.3 Å². The Bertz CT molecular complexity index is 1380. The number of hydrogen-bond donors (Lipinski definition) is 2. The highest BCUT2D eigenvalue weighted by atomic mass is 16.5. The number of hydrogen-bond acceptors (Lipinski definition) is 8. The van der Waals surface area contributed by atoms with Crippen molar-refractivity contribution in [2.24, 2.45) is 0 Å². The lowest BCUT2D eigenvalue weighted by molar-refractivity contribution is -0.0845. The van der Waals surface area contributed by atoms with Gasteiger partial charge in [-0.3, -0.25) is 14.2 Å². The number of fused-ring (bicyclic) bond motifs is 1. The van der Waals surface area contributed by atoms with E-state index in [4.69, 9.17) is 19.3 Å². The maximum atomic E-state index is 11.5. The van der Waals surface area contributed by atoms with Crippen LogP contribution in [-0.2, 0) is 11.3 Å². The van der Waals surface area contributed by atoms with E-state index in [9.17, 15) is 9.90 Å².